The Hall–Kier alpha value is -1.36. The number of nitrogens with one attached hydrogen (secondary N) is 2. The highest BCUT2D eigenvalue weighted by molar-refractivity contribution is 6.74. The van der Waals surface area contributed by atoms with Crippen molar-refractivity contribution in [2.75, 3.05) is 46.9 Å². The summed E-state index contributed by atoms with van der Waals surface area (Å²) in [7, 11) is 0.980. The lowest BCUT2D eigenvalue weighted by Crippen LogP contribution is -2.60. The van der Waals surface area contributed by atoms with Crippen LogP contribution in [0.15, 0.2) is 0 Å². The topological polar surface area (TPSA) is 92.4 Å². The van der Waals surface area contributed by atoms with Crippen molar-refractivity contribution < 1.29 is 23.5 Å². The molecule has 2 N–H and O–H groups in total. The maximum absolute atomic E-state index is 12.8. The molecule has 2 saturated heterocycles. The highest BCUT2D eigenvalue weighted by Gasteiger charge is 2.50. The van der Waals surface area contributed by atoms with Gasteiger partial charge in [0.15, 0.2) is 14.6 Å². The van der Waals surface area contributed by atoms with Crippen LogP contribution in [0.5, 0.6) is 0 Å². The number of carbonyl (C=O) groups is 2. The van der Waals surface area contributed by atoms with Crippen molar-refractivity contribution in [2.45, 2.75) is 70.2 Å². The number of hydrogen-bond donors (Lipinski definition) is 2. The van der Waals surface area contributed by atoms with Gasteiger partial charge < -0.3 is 29.4 Å². The zero-order valence-electron chi connectivity index (χ0n) is 19.7. The fraction of sp³-hybridized carbons (Fsp3) is 0.900. The standard InChI is InChI=1S/C20H40N4O5Si/c1-19(2,3)30(6,7)29-20(9-8-16(27-4)28-5,24-15-12-22-18(24)26)10-13-23-14-11-21-17(23)25/h16H,8-15H2,1-7H3,(H,21,25)(H,22,26). The Balaban J connectivity index is 2.37. The van der Waals surface area contributed by atoms with Gasteiger partial charge in [-0.25, -0.2) is 9.59 Å². The zero-order valence-corrected chi connectivity index (χ0v) is 20.7. The van der Waals surface area contributed by atoms with E-state index in [0.717, 1.165) is 0 Å². The van der Waals surface area contributed by atoms with E-state index in [-0.39, 0.29) is 23.4 Å². The molecular weight excluding hydrogens is 404 g/mol. The van der Waals surface area contributed by atoms with E-state index >= 15 is 0 Å². The van der Waals surface area contributed by atoms with Crippen LogP contribution in [0.2, 0.25) is 18.1 Å². The summed E-state index contributed by atoms with van der Waals surface area (Å²) in [5, 5.41) is 5.74. The summed E-state index contributed by atoms with van der Waals surface area (Å²) < 4.78 is 17.8. The van der Waals surface area contributed by atoms with Crippen LogP contribution in [0.25, 0.3) is 0 Å². The van der Waals surface area contributed by atoms with Gasteiger partial charge in [0.1, 0.15) is 5.72 Å². The van der Waals surface area contributed by atoms with Crippen molar-refractivity contribution in [1.82, 2.24) is 20.4 Å². The summed E-state index contributed by atoms with van der Waals surface area (Å²) >= 11 is 0. The first kappa shape index (κ1) is 24.9. The lowest BCUT2D eigenvalue weighted by Gasteiger charge is -2.50. The molecule has 2 rings (SSSR count). The van der Waals surface area contributed by atoms with Crippen molar-refractivity contribution in [3.63, 3.8) is 0 Å². The number of rotatable bonds is 11. The van der Waals surface area contributed by atoms with Crippen LogP contribution in [-0.4, -0.2) is 89.1 Å². The van der Waals surface area contributed by atoms with Gasteiger partial charge in [0.05, 0.1) is 0 Å². The summed E-state index contributed by atoms with van der Waals surface area (Å²) in [4.78, 5) is 28.5. The summed E-state index contributed by atoms with van der Waals surface area (Å²) in [5.41, 5.74) is -0.832. The quantitative estimate of drug-likeness (QED) is 0.377. The van der Waals surface area contributed by atoms with Gasteiger partial charge in [-0.15, -0.1) is 0 Å². The molecule has 30 heavy (non-hydrogen) atoms. The predicted molar refractivity (Wildman–Crippen MR) is 118 cm³/mol. The number of amides is 4. The van der Waals surface area contributed by atoms with Crippen LogP contribution in [-0.2, 0) is 13.9 Å². The summed E-state index contributed by atoms with van der Waals surface area (Å²) in [6, 6.07) is -0.181. The zero-order chi connectivity index (χ0) is 22.6. The molecule has 0 bridgehead atoms. The van der Waals surface area contributed by atoms with E-state index in [9.17, 15) is 9.59 Å². The Kier molecular flexibility index (Phi) is 8.17. The van der Waals surface area contributed by atoms with Gasteiger partial charge in [-0.05, 0) is 24.6 Å². The number of urea groups is 2. The van der Waals surface area contributed by atoms with Crippen molar-refractivity contribution in [3.05, 3.63) is 0 Å². The van der Waals surface area contributed by atoms with E-state index < -0.39 is 14.0 Å². The van der Waals surface area contributed by atoms with Crippen LogP contribution >= 0.6 is 0 Å². The van der Waals surface area contributed by atoms with E-state index in [1.54, 1.807) is 19.1 Å². The molecule has 2 heterocycles. The minimum Gasteiger partial charge on any atom is -0.394 e. The van der Waals surface area contributed by atoms with Crippen molar-refractivity contribution in [3.8, 4) is 0 Å². The van der Waals surface area contributed by atoms with Gasteiger partial charge in [-0.2, -0.15) is 0 Å². The second-order valence-electron chi connectivity index (χ2n) is 9.60. The SMILES string of the molecule is COC(CCC(CCN1CCNC1=O)(O[Si](C)(C)C(C)(C)C)N1CCNC1=O)OC. The average molecular weight is 445 g/mol. The maximum atomic E-state index is 12.8. The minimum atomic E-state index is -2.25. The number of ether oxygens (including phenoxy) is 2. The molecule has 2 aliphatic heterocycles. The molecule has 0 aromatic heterocycles. The molecule has 0 aliphatic carbocycles. The van der Waals surface area contributed by atoms with Crippen LogP contribution in [0, 0.1) is 0 Å². The Labute approximate surface area is 181 Å². The fourth-order valence-corrected chi connectivity index (χ4v) is 5.32. The highest BCUT2D eigenvalue weighted by atomic mass is 28.4. The second kappa shape index (κ2) is 9.84. The summed E-state index contributed by atoms with van der Waals surface area (Å²) in [6.45, 7) is 14.0. The Bertz CT molecular complexity index is 608. The van der Waals surface area contributed by atoms with E-state index in [0.29, 0.717) is 52.0 Å². The van der Waals surface area contributed by atoms with E-state index in [1.165, 1.54) is 0 Å². The van der Waals surface area contributed by atoms with Crippen molar-refractivity contribution in [1.29, 1.82) is 0 Å². The minimum absolute atomic E-state index is 0.0264. The summed E-state index contributed by atoms with van der Waals surface area (Å²) in [6.07, 6.45) is 1.31. The molecule has 174 valence electrons. The molecule has 2 aliphatic rings. The highest BCUT2D eigenvalue weighted by Crippen LogP contribution is 2.43. The molecule has 0 aromatic carbocycles. The monoisotopic (exact) mass is 444 g/mol. The second-order valence-corrected chi connectivity index (χ2v) is 14.3. The van der Waals surface area contributed by atoms with Gasteiger partial charge in [0.2, 0.25) is 0 Å². The van der Waals surface area contributed by atoms with Crippen LogP contribution in [0.3, 0.4) is 0 Å². The largest absolute Gasteiger partial charge is 0.394 e. The van der Waals surface area contributed by atoms with E-state index in [4.69, 9.17) is 13.9 Å². The third kappa shape index (κ3) is 5.66. The average Bonchev–Trinajstić information content (AvgIpc) is 3.27. The Morgan fingerprint density at radius 2 is 1.60 bits per heavy atom. The third-order valence-electron chi connectivity index (χ3n) is 6.61. The molecule has 9 nitrogen and oxygen atoms in total. The molecule has 1 unspecified atom stereocenters. The van der Waals surface area contributed by atoms with Gasteiger partial charge in [0.25, 0.3) is 0 Å². The Morgan fingerprint density at radius 1 is 1.00 bits per heavy atom. The molecule has 0 saturated carbocycles. The smallest absolute Gasteiger partial charge is 0.319 e. The van der Waals surface area contributed by atoms with E-state index in [2.05, 4.69) is 44.5 Å². The number of methoxy groups -OCH3 is 2. The fourth-order valence-electron chi connectivity index (χ4n) is 3.75. The summed E-state index contributed by atoms with van der Waals surface area (Å²) in [5.74, 6) is 0. The molecule has 0 spiro atoms. The third-order valence-corrected chi connectivity index (χ3v) is 11.1. The maximum Gasteiger partial charge on any atom is 0.319 e. The molecule has 0 radical (unpaired) electrons. The molecule has 2 fully saturated rings. The number of hydrogen-bond acceptors (Lipinski definition) is 5. The van der Waals surface area contributed by atoms with Gasteiger partial charge in [-0.3, -0.25) is 4.90 Å². The molecule has 10 heteroatoms. The molecule has 1 atom stereocenters. The number of carbonyl (C=O) groups excluding carboxylic acids is 2. The van der Waals surface area contributed by atoms with Gasteiger partial charge in [0, 0.05) is 59.8 Å². The Morgan fingerprint density at radius 3 is 2.07 bits per heavy atom. The lowest BCUT2D eigenvalue weighted by atomic mass is 10.0. The van der Waals surface area contributed by atoms with Crippen LogP contribution < -0.4 is 10.6 Å². The lowest BCUT2D eigenvalue weighted by molar-refractivity contribution is -0.133. The van der Waals surface area contributed by atoms with Crippen molar-refractivity contribution in [2.24, 2.45) is 0 Å². The first-order valence-corrected chi connectivity index (χ1v) is 13.7. The van der Waals surface area contributed by atoms with Gasteiger partial charge >= 0.3 is 12.1 Å². The van der Waals surface area contributed by atoms with E-state index in [1.807, 2.05) is 4.90 Å². The molecule has 0 aromatic rings. The first-order valence-electron chi connectivity index (χ1n) is 10.8. The van der Waals surface area contributed by atoms with Crippen LogP contribution in [0.1, 0.15) is 40.0 Å². The first-order chi connectivity index (χ1) is 14.0. The van der Waals surface area contributed by atoms with Crippen molar-refractivity contribution >= 4 is 20.4 Å². The molecular formula is C20H40N4O5Si. The normalized spacial score (nSPS) is 20.0. The number of nitrogens with zero attached hydrogens (tertiary/aromatic N) is 2. The van der Waals surface area contributed by atoms with Gasteiger partial charge in [-0.1, -0.05) is 20.8 Å². The van der Waals surface area contributed by atoms with Crippen LogP contribution in [0.4, 0.5) is 9.59 Å². The predicted octanol–water partition coefficient (Wildman–Crippen LogP) is 2.54. The molecule has 4 amide bonds.